The van der Waals surface area contributed by atoms with Crippen LogP contribution >= 0.6 is 11.6 Å². The first-order chi connectivity index (χ1) is 12.0. The van der Waals surface area contributed by atoms with Crippen LogP contribution < -0.4 is 9.64 Å². The minimum atomic E-state index is 0.186. The summed E-state index contributed by atoms with van der Waals surface area (Å²) in [6.45, 7) is 1.95. The number of halogens is 1. The van der Waals surface area contributed by atoms with Crippen LogP contribution in [0.2, 0.25) is 5.28 Å². The quantitative estimate of drug-likeness (QED) is 0.698. The Morgan fingerprint density at radius 1 is 1.20 bits per heavy atom. The van der Waals surface area contributed by atoms with Gasteiger partial charge in [-0.15, -0.1) is 0 Å². The molecule has 0 N–H and O–H groups in total. The van der Waals surface area contributed by atoms with Crippen LogP contribution in [0.15, 0.2) is 30.7 Å². The molecular formula is C17H19ClN6O. The number of anilines is 1. The molecule has 130 valence electrons. The van der Waals surface area contributed by atoms with Crippen LogP contribution in [0.25, 0.3) is 5.69 Å². The number of nitrogens with zero attached hydrogens (tertiary/aromatic N) is 6. The van der Waals surface area contributed by atoms with Gasteiger partial charge >= 0.3 is 0 Å². The molecule has 0 atom stereocenters. The maximum Gasteiger partial charge on any atom is 0.229 e. The van der Waals surface area contributed by atoms with Gasteiger partial charge < -0.3 is 14.2 Å². The van der Waals surface area contributed by atoms with Gasteiger partial charge in [0.05, 0.1) is 24.8 Å². The summed E-state index contributed by atoms with van der Waals surface area (Å²) >= 11 is 6.00. The molecule has 3 aromatic rings. The largest absolute Gasteiger partial charge is 0.495 e. The van der Waals surface area contributed by atoms with Crippen molar-refractivity contribution in [3.05, 3.63) is 53.1 Å². The summed E-state index contributed by atoms with van der Waals surface area (Å²) in [6.07, 6.45) is 4.25. The first-order valence-corrected chi connectivity index (χ1v) is 8.09. The van der Waals surface area contributed by atoms with Crippen LogP contribution in [0.3, 0.4) is 0 Å². The fourth-order valence-corrected chi connectivity index (χ4v) is 2.61. The van der Waals surface area contributed by atoms with E-state index in [1.165, 1.54) is 0 Å². The van der Waals surface area contributed by atoms with Crippen LogP contribution in [-0.4, -0.2) is 45.7 Å². The van der Waals surface area contributed by atoms with E-state index in [1.54, 1.807) is 18.3 Å². The van der Waals surface area contributed by atoms with Gasteiger partial charge in [-0.1, -0.05) is 6.07 Å². The average Bonchev–Trinajstić information content (AvgIpc) is 3.00. The molecule has 0 fully saturated rings. The third-order valence-electron chi connectivity index (χ3n) is 3.64. The molecule has 0 spiro atoms. The van der Waals surface area contributed by atoms with Crippen LogP contribution in [0.4, 0.5) is 5.95 Å². The van der Waals surface area contributed by atoms with E-state index in [0.717, 1.165) is 22.7 Å². The van der Waals surface area contributed by atoms with Gasteiger partial charge in [-0.2, -0.15) is 9.97 Å². The first-order valence-electron chi connectivity index (χ1n) is 7.72. The number of ether oxygens (including phenoxy) is 1. The van der Waals surface area contributed by atoms with Crippen molar-refractivity contribution in [1.29, 1.82) is 0 Å². The molecule has 2 aromatic heterocycles. The van der Waals surface area contributed by atoms with E-state index in [2.05, 4.69) is 19.9 Å². The molecule has 0 bridgehead atoms. The summed E-state index contributed by atoms with van der Waals surface area (Å²) in [5, 5.41) is 0.186. The molecule has 0 unspecified atom stereocenters. The minimum Gasteiger partial charge on any atom is -0.495 e. The maximum absolute atomic E-state index is 6.00. The van der Waals surface area contributed by atoms with Crippen molar-refractivity contribution in [2.45, 2.75) is 13.3 Å². The zero-order valence-electron chi connectivity index (χ0n) is 14.6. The van der Waals surface area contributed by atoms with E-state index in [4.69, 9.17) is 16.3 Å². The fraction of sp³-hybridized carbons (Fsp3) is 0.294. The molecule has 0 amide bonds. The Morgan fingerprint density at radius 3 is 2.64 bits per heavy atom. The minimum absolute atomic E-state index is 0.186. The molecule has 7 nitrogen and oxygen atoms in total. The van der Waals surface area contributed by atoms with Crippen molar-refractivity contribution < 1.29 is 4.74 Å². The number of hydrogen-bond donors (Lipinski definition) is 0. The standard InChI is InChI=1S/C17H19ClN6O/c1-11-9-24(10-19-11)13-6-5-12(7-14(13)25-4)8-15-20-16(18)22-17(21-15)23(2)3/h5-7,9-10H,8H2,1-4H3. The van der Waals surface area contributed by atoms with Crippen molar-refractivity contribution in [1.82, 2.24) is 24.5 Å². The molecule has 0 aliphatic rings. The summed E-state index contributed by atoms with van der Waals surface area (Å²) in [6, 6.07) is 5.98. The summed E-state index contributed by atoms with van der Waals surface area (Å²) in [5.74, 6) is 1.90. The number of hydrogen-bond acceptors (Lipinski definition) is 6. The zero-order valence-corrected chi connectivity index (χ0v) is 15.3. The zero-order chi connectivity index (χ0) is 18.0. The van der Waals surface area contributed by atoms with Crippen molar-refractivity contribution in [2.24, 2.45) is 0 Å². The van der Waals surface area contributed by atoms with E-state index in [1.807, 2.05) is 50.0 Å². The van der Waals surface area contributed by atoms with Gasteiger partial charge in [0.25, 0.3) is 0 Å². The van der Waals surface area contributed by atoms with Crippen molar-refractivity contribution in [2.75, 3.05) is 26.1 Å². The van der Waals surface area contributed by atoms with Crippen LogP contribution in [0.5, 0.6) is 5.75 Å². The van der Waals surface area contributed by atoms with Gasteiger partial charge in [-0.05, 0) is 36.2 Å². The average molecular weight is 359 g/mol. The lowest BCUT2D eigenvalue weighted by atomic mass is 10.1. The number of rotatable bonds is 5. The molecule has 1 aromatic carbocycles. The van der Waals surface area contributed by atoms with E-state index in [9.17, 15) is 0 Å². The highest BCUT2D eigenvalue weighted by atomic mass is 35.5. The Kier molecular flexibility index (Phi) is 4.85. The molecule has 3 rings (SSSR count). The van der Waals surface area contributed by atoms with Crippen molar-refractivity contribution in [3.63, 3.8) is 0 Å². The number of aromatic nitrogens is 5. The smallest absolute Gasteiger partial charge is 0.229 e. The van der Waals surface area contributed by atoms with E-state index in [-0.39, 0.29) is 5.28 Å². The lowest BCUT2D eigenvalue weighted by Gasteiger charge is -2.13. The Balaban J connectivity index is 1.91. The van der Waals surface area contributed by atoms with Gasteiger partial charge in [-0.25, -0.2) is 9.97 Å². The molecule has 0 aliphatic heterocycles. The number of benzene rings is 1. The summed E-state index contributed by atoms with van der Waals surface area (Å²) < 4.78 is 7.47. The van der Waals surface area contributed by atoms with Crippen LogP contribution in [-0.2, 0) is 6.42 Å². The first kappa shape index (κ1) is 17.2. The highest BCUT2D eigenvalue weighted by molar-refractivity contribution is 6.28. The fourth-order valence-electron chi connectivity index (χ4n) is 2.44. The highest BCUT2D eigenvalue weighted by Crippen LogP contribution is 2.25. The Hall–Kier alpha value is -2.67. The second-order valence-corrected chi connectivity index (χ2v) is 6.16. The summed E-state index contributed by atoms with van der Waals surface area (Å²) in [5.41, 5.74) is 2.89. The van der Waals surface area contributed by atoms with Crippen molar-refractivity contribution >= 4 is 17.5 Å². The second-order valence-electron chi connectivity index (χ2n) is 5.82. The number of methoxy groups -OCH3 is 1. The summed E-state index contributed by atoms with van der Waals surface area (Å²) in [4.78, 5) is 18.8. The second kappa shape index (κ2) is 7.06. The lowest BCUT2D eigenvalue weighted by molar-refractivity contribution is 0.412. The third-order valence-corrected chi connectivity index (χ3v) is 3.81. The SMILES string of the molecule is COc1cc(Cc2nc(Cl)nc(N(C)C)n2)ccc1-n1cnc(C)c1. The number of aryl methyl sites for hydroxylation is 1. The molecule has 0 saturated carbocycles. The molecule has 8 heteroatoms. The van der Waals surface area contributed by atoms with Gasteiger partial charge in [-0.3, -0.25) is 0 Å². The molecule has 2 heterocycles. The summed E-state index contributed by atoms with van der Waals surface area (Å²) in [7, 11) is 5.37. The van der Waals surface area contributed by atoms with Gasteiger partial charge in [0.1, 0.15) is 11.6 Å². The van der Waals surface area contributed by atoms with Gasteiger partial charge in [0, 0.05) is 26.7 Å². The monoisotopic (exact) mass is 358 g/mol. The molecule has 0 radical (unpaired) electrons. The third kappa shape index (κ3) is 3.88. The van der Waals surface area contributed by atoms with Gasteiger partial charge in [0.2, 0.25) is 11.2 Å². The lowest BCUT2D eigenvalue weighted by Crippen LogP contribution is -2.15. The van der Waals surface area contributed by atoms with Crippen LogP contribution in [0.1, 0.15) is 17.1 Å². The predicted octanol–water partition coefficient (Wildman–Crippen LogP) is 2.68. The van der Waals surface area contributed by atoms with E-state index in [0.29, 0.717) is 18.2 Å². The van der Waals surface area contributed by atoms with E-state index < -0.39 is 0 Å². The topological polar surface area (TPSA) is 69.0 Å². The molecule has 25 heavy (non-hydrogen) atoms. The Labute approximate surface area is 151 Å². The number of imidazole rings is 1. The van der Waals surface area contributed by atoms with E-state index >= 15 is 0 Å². The Morgan fingerprint density at radius 2 is 2.00 bits per heavy atom. The molecule has 0 saturated heterocycles. The normalized spacial score (nSPS) is 10.8. The molecular weight excluding hydrogens is 340 g/mol. The Bertz CT molecular complexity index is 893. The predicted molar refractivity (Wildman–Crippen MR) is 96.8 cm³/mol. The maximum atomic E-state index is 6.00. The van der Waals surface area contributed by atoms with Crippen molar-refractivity contribution in [3.8, 4) is 11.4 Å². The molecule has 0 aliphatic carbocycles. The highest BCUT2D eigenvalue weighted by Gasteiger charge is 2.11. The van der Waals surface area contributed by atoms with Crippen LogP contribution in [0, 0.1) is 6.92 Å². The van der Waals surface area contributed by atoms with Gasteiger partial charge in [0.15, 0.2) is 0 Å².